The molecule has 0 bridgehead atoms. The van der Waals surface area contributed by atoms with Crippen LogP contribution in [-0.4, -0.2) is 5.84 Å². The second kappa shape index (κ2) is 3.49. The largest absolute Gasteiger partial charge is 0.383 e. The van der Waals surface area contributed by atoms with Crippen molar-refractivity contribution < 1.29 is 0 Å². The summed E-state index contributed by atoms with van der Waals surface area (Å²) in [6, 6.07) is 2.09. The summed E-state index contributed by atoms with van der Waals surface area (Å²) in [4.78, 5) is 5.77. The van der Waals surface area contributed by atoms with Crippen molar-refractivity contribution in [1.29, 1.82) is 0 Å². The Morgan fingerprint density at radius 3 is 3.25 bits per heavy atom. The maximum Gasteiger partial charge on any atom is 0.134 e. The molecule has 1 aromatic heterocycles. The average Bonchev–Trinajstić information content (AvgIpc) is 2.57. The molecule has 0 radical (unpaired) electrons. The molecule has 0 spiro atoms. The van der Waals surface area contributed by atoms with Crippen molar-refractivity contribution >= 4 is 22.2 Å². The van der Waals surface area contributed by atoms with Crippen LogP contribution in [0.5, 0.6) is 0 Å². The fourth-order valence-electron chi connectivity index (χ4n) is 2.01. The number of rotatable bonds is 0. The predicted octanol–water partition coefficient (Wildman–Crippen LogP) is 2.75. The zero-order valence-corrected chi connectivity index (χ0v) is 9.90. The molecule has 0 aromatic carbocycles. The quantitative estimate of drug-likeness (QED) is 0.721. The van der Waals surface area contributed by atoms with Gasteiger partial charge in [0, 0.05) is 4.88 Å². The van der Waals surface area contributed by atoms with E-state index >= 15 is 0 Å². The monoisotopic (exact) mass is 231 g/mol. The van der Waals surface area contributed by atoms with Crippen LogP contribution in [0.1, 0.15) is 23.3 Å². The summed E-state index contributed by atoms with van der Waals surface area (Å²) in [5.74, 6) is 0.632. The zero-order valence-electron chi connectivity index (χ0n) is 9.08. The number of anilines is 1. The summed E-state index contributed by atoms with van der Waals surface area (Å²) in [7, 11) is 0. The van der Waals surface area contributed by atoms with Gasteiger partial charge in [-0.3, -0.25) is 0 Å². The van der Waals surface area contributed by atoms with Crippen LogP contribution in [0.2, 0.25) is 0 Å². The Morgan fingerprint density at radius 1 is 1.50 bits per heavy atom. The van der Waals surface area contributed by atoms with E-state index < -0.39 is 0 Å². The number of amidine groups is 1. The second-order valence-electron chi connectivity index (χ2n) is 4.02. The molecule has 3 N–H and O–H groups in total. The molecular formula is C12H13N3S. The second-order valence-corrected chi connectivity index (χ2v) is 5.28. The molecule has 1 aliphatic carbocycles. The number of nitrogens with one attached hydrogen (secondary N) is 1. The van der Waals surface area contributed by atoms with Crippen molar-refractivity contribution in [1.82, 2.24) is 0 Å². The van der Waals surface area contributed by atoms with Crippen LogP contribution in [0.25, 0.3) is 0 Å². The molecule has 0 atom stereocenters. The molecule has 1 aromatic rings. The van der Waals surface area contributed by atoms with Crippen LogP contribution >= 0.6 is 11.3 Å². The molecule has 0 saturated carbocycles. The molecule has 0 saturated heterocycles. The van der Waals surface area contributed by atoms with Crippen LogP contribution < -0.4 is 11.1 Å². The third-order valence-corrected chi connectivity index (χ3v) is 3.74. The van der Waals surface area contributed by atoms with Gasteiger partial charge in [-0.15, -0.1) is 11.3 Å². The minimum atomic E-state index is 0.632. The number of fused-ring (bicyclic) bond motifs is 1. The van der Waals surface area contributed by atoms with E-state index in [4.69, 9.17) is 5.73 Å². The molecule has 82 valence electrons. The first-order valence-corrected chi connectivity index (χ1v) is 6.17. The summed E-state index contributed by atoms with van der Waals surface area (Å²) >= 11 is 1.72. The predicted molar refractivity (Wildman–Crippen MR) is 68.8 cm³/mol. The highest BCUT2D eigenvalue weighted by atomic mass is 32.1. The standard InChI is InChI=1S/C12H13N3S/c1-7-6-8-11(13)14-9-4-2-3-5-10(9)15-12(8)16-7/h3,5-6,15H,2,4H2,1H3,(H2,13,14). The van der Waals surface area contributed by atoms with E-state index in [0.717, 1.165) is 34.8 Å². The SMILES string of the molecule is Cc1cc2c(s1)NC1=C(CCC=C1)N=C2N. The summed E-state index contributed by atoms with van der Waals surface area (Å²) in [5.41, 5.74) is 9.22. The number of nitrogens with zero attached hydrogens (tertiary/aromatic N) is 1. The first kappa shape index (κ1) is 9.66. The zero-order chi connectivity index (χ0) is 11.1. The normalized spacial score (nSPS) is 18.4. The maximum absolute atomic E-state index is 6.03. The molecule has 4 heteroatoms. The van der Waals surface area contributed by atoms with Gasteiger partial charge < -0.3 is 11.1 Å². The van der Waals surface area contributed by atoms with Crippen molar-refractivity contribution in [2.24, 2.45) is 10.7 Å². The first-order valence-electron chi connectivity index (χ1n) is 5.36. The minimum Gasteiger partial charge on any atom is -0.383 e. The number of aliphatic imine (C=N–C) groups is 1. The lowest BCUT2D eigenvalue weighted by Crippen LogP contribution is -2.12. The van der Waals surface area contributed by atoms with Crippen LogP contribution in [0, 0.1) is 6.92 Å². The Bertz CT molecular complexity index is 534. The van der Waals surface area contributed by atoms with Gasteiger partial charge in [-0.1, -0.05) is 6.08 Å². The molecule has 0 unspecified atom stereocenters. The van der Waals surface area contributed by atoms with Gasteiger partial charge in [0.05, 0.1) is 17.0 Å². The molecule has 16 heavy (non-hydrogen) atoms. The number of hydrogen-bond acceptors (Lipinski definition) is 4. The molecule has 0 amide bonds. The number of hydrogen-bond donors (Lipinski definition) is 2. The van der Waals surface area contributed by atoms with Crippen LogP contribution in [-0.2, 0) is 0 Å². The molecule has 3 nitrogen and oxygen atoms in total. The lowest BCUT2D eigenvalue weighted by molar-refractivity contribution is 0.925. The van der Waals surface area contributed by atoms with E-state index in [1.165, 1.54) is 4.88 Å². The van der Waals surface area contributed by atoms with E-state index in [1.54, 1.807) is 11.3 Å². The summed E-state index contributed by atoms with van der Waals surface area (Å²) in [6.45, 7) is 2.08. The highest BCUT2D eigenvalue weighted by molar-refractivity contribution is 7.16. The smallest absolute Gasteiger partial charge is 0.134 e. The van der Waals surface area contributed by atoms with E-state index in [9.17, 15) is 0 Å². The maximum atomic E-state index is 6.03. The molecule has 0 fully saturated rings. The van der Waals surface area contributed by atoms with E-state index in [2.05, 4.69) is 35.5 Å². The number of nitrogens with two attached hydrogens (primary N) is 1. The van der Waals surface area contributed by atoms with Gasteiger partial charge in [-0.05, 0) is 31.9 Å². The third-order valence-electron chi connectivity index (χ3n) is 2.78. The highest BCUT2D eigenvalue weighted by Gasteiger charge is 2.18. The van der Waals surface area contributed by atoms with Gasteiger partial charge in [0.1, 0.15) is 10.8 Å². The van der Waals surface area contributed by atoms with Gasteiger partial charge in [0.2, 0.25) is 0 Å². The van der Waals surface area contributed by atoms with Gasteiger partial charge in [0.25, 0.3) is 0 Å². The molecule has 1 aliphatic heterocycles. The van der Waals surface area contributed by atoms with Gasteiger partial charge in [-0.2, -0.15) is 0 Å². The first-order chi connectivity index (χ1) is 7.74. The fraction of sp³-hybridized carbons (Fsp3) is 0.250. The fourth-order valence-corrected chi connectivity index (χ4v) is 2.94. The summed E-state index contributed by atoms with van der Waals surface area (Å²) < 4.78 is 0. The Labute approximate surface area is 98.4 Å². The van der Waals surface area contributed by atoms with Crippen LogP contribution in [0.4, 0.5) is 5.00 Å². The third kappa shape index (κ3) is 1.46. The summed E-state index contributed by atoms with van der Waals surface area (Å²) in [6.07, 6.45) is 6.28. The van der Waals surface area contributed by atoms with E-state index in [0.29, 0.717) is 5.84 Å². The van der Waals surface area contributed by atoms with E-state index in [1.807, 2.05) is 0 Å². The van der Waals surface area contributed by atoms with Crippen LogP contribution in [0.3, 0.4) is 0 Å². The number of aryl methyl sites for hydroxylation is 1. The van der Waals surface area contributed by atoms with Crippen molar-refractivity contribution in [3.8, 4) is 0 Å². The Morgan fingerprint density at radius 2 is 2.38 bits per heavy atom. The van der Waals surface area contributed by atoms with E-state index in [-0.39, 0.29) is 0 Å². The number of thiophene rings is 1. The molecule has 2 aliphatic rings. The topological polar surface area (TPSA) is 50.4 Å². The minimum absolute atomic E-state index is 0.632. The van der Waals surface area contributed by atoms with Crippen molar-refractivity contribution in [2.75, 3.05) is 5.32 Å². The molecule has 2 heterocycles. The Balaban J connectivity index is 2.14. The van der Waals surface area contributed by atoms with Crippen molar-refractivity contribution in [3.63, 3.8) is 0 Å². The van der Waals surface area contributed by atoms with Crippen LogP contribution in [0.15, 0.2) is 34.6 Å². The Kier molecular flexibility index (Phi) is 2.11. The van der Waals surface area contributed by atoms with Crippen molar-refractivity contribution in [2.45, 2.75) is 19.8 Å². The Hall–Kier alpha value is -1.55. The van der Waals surface area contributed by atoms with Gasteiger partial charge >= 0.3 is 0 Å². The van der Waals surface area contributed by atoms with Gasteiger partial charge in [-0.25, -0.2) is 4.99 Å². The average molecular weight is 231 g/mol. The molecule has 3 rings (SSSR count). The highest BCUT2D eigenvalue weighted by Crippen LogP contribution is 2.33. The lowest BCUT2D eigenvalue weighted by atomic mass is 10.1. The lowest BCUT2D eigenvalue weighted by Gasteiger charge is -2.11. The van der Waals surface area contributed by atoms with Crippen molar-refractivity contribution in [3.05, 3.63) is 40.1 Å². The van der Waals surface area contributed by atoms with Gasteiger partial charge in [0.15, 0.2) is 0 Å². The summed E-state index contributed by atoms with van der Waals surface area (Å²) in [5, 5.41) is 4.54. The number of allylic oxidation sites excluding steroid dienone is 3. The molecular weight excluding hydrogens is 218 g/mol.